The molecule has 2 aliphatic rings. The number of amidine groups is 2. The topological polar surface area (TPSA) is 74.1 Å². The van der Waals surface area contributed by atoms with Crippen LogP contribution in [0.2, 0.25) is 0 Å². The smallest absolute Gasteiger partial charge is 0.259 e. The van der Waals surface area contributed by atoms with E-state index in [9.17, 15) is 9.59 Å². The minimum atomic E-state index is -0.383. The van der Waals surface area contributed by atoms with E-state index in [0.29, 0.717) is 17.4 Å². The molecule has 4 rings (SSSR count). The number of para-hydroxylation sites is 1. The molecule has 0 spiro atoms. The number of hydrogen-bond acceptors (Lipinski definition) is 5. The Morgan fingerprint density at radius 2 is 1.97 bits per heavy atom. The Bertz CT molecular complexity index is 1080. The highest BCUT2D eigenvalue weighted by Gasteiger charge is 2.40. The number of aryl methyl sites for hydroxylation is 2. The molecule has 0 unspecified atom stereocenters. The Hall–Kier alpha value is -2.93. The lowest BCUT2D eigenvalue weighted by Gasteiger charge is -2.25. The predicted molar refractivity (Wildman–Crippen MR) is 123 cm³/mol. The Morgan fingerprint density at radius 1 is 1.17 bits per heavy atom. The van der Waals surface area contributed by atoms with E-state index in [1.807, 2.05) is 63.2 Å². The number of nitrogens with zero attached hydrogens (tertiary/aromatic N) is 3. The fourth-order valence-electron chi connectivity index (χ4n) is 3.51. The third kappa shape index (κ3) is 3.89. The Labute approximate surface area is 180 Å². The van der Waals surface area contributed by atoms with Crippen LogP contribution in [0.4, 0.5) is 11.4 Å². The number of nitrogens with one attached hydrogen (secondary N) is 1. The summed E-state index contributed by atoms with van der Waals surface area (Å²) in [5.41, 5.74) is 4.70. The fraction of sp³-hybridized carbons (Fsp3) is 0.304. The Balaban J connectivity index is 1.52. The molecular weight excluding hydrogens is 396 g/mol. The lowest BCUT2D eigenvalue weighted by molar-refractivity contribution is -0.124. The molecule has 2 aromatic rings. The minimum absolute atomic E-state index is 0.0674. The molecule has 1 N–H and O–H groups in total. The van der Waals surface area contributed by atoms with Crippen molar-refractivity contribution in [3.63, 3.8) is 0 Å². The predicted octanol–water partition coefficient (Wildman–Crippen LogP) is 4.43. The van der Waals surface area contributed by atoms with Crippen LogP contribution in [0.15, 0.2) is 52.4 Å². The van der Waals surface area contributed by atoms with Crippen LogP contribution < -0.4 is 5.32 Å². The number of anilines is 1. The van der Waals surface area contributed by atoms with E-state index in [4.69, 9.17) is 0 Å². The third-order valence-corrected chi connectivity index (χ3v) is 6.17. The van der Waals surface area contributed by atoms with Gasteiger partial charge in [0.2, 0.25) is 5.91 Å². The van der Waals surface area contributed by atoms with Crippen molar-refractivity contribution >= 4 is 46.0 Å². The third-order valence-electron chi connectivity index (χ3n) is 5.23. The zero-order chi connectivity index (χ0) is 21.3. The second kappa shape index (κ2) is 8.44. The van der Waals surface area contributed by atoms with Gasteiger partial charge in [0.25, 0.3) is 5.91 Å². The summed E-state index contributed by atoms with van der Waals surface area (Å²) < 4.78 is 0. The van der Waals surface area contributed by atoms with Crippen molar-refractivity contribution in [3.05, 3.63) is 59.2 Å². The zero-order valence-electron chi connectivity index (χ0n) is 17.3. The maximum atomic E-state index is 13.0. The van der Waals surface area contributed by atoms with E-state index in [2.05, 4.69) is 15.3 Å². The molecule has 0 bridgehead atoms. The number of thioether (sulfide) groups is 1. The molecule has 0 fully saturated rings. The first-order chi connectivity index (χ1) is 14.5. The van der Waals surface area contributed by atoms with Gasteiger partial charge in [-0.05, 0) is 55.7 Å². The number of amides is 2. The highest BCUT2D eigenvalue weighted by molar-refractivity contribution is 8.14. The van der Waals surface area contributed by atoms with Crippen LogP contribution in [0.3, 0.4) is 0 Å². The number of benzene rings is 2. The summed E-state index contributed by atoms with van der Waals surface area (Å²) in [6, 6.07) is 13.1. The number of fused-ring (bicyclic) bond motifs is 3. The number of aliphatic imine (C=N–C) groups is 2. The summed E-state index contributed by atoms with van der Waals surface area (Å²) >= 11 is 1.26. The summed E-state index contributed by atoms with van der Waals surface area (Å²) in [4.78, 5) is 36.4. The second-order valence-corrected chi connectivity index (χ2v) is 8.42. The van der Waals surface area contributed by atoms with Crippen LogP contribution in [0, 0.1) is 13.8 Å². The molecule has 30 heavy (non-hydrogen) atoms. The van der Waals surface area contributed by atoms with E-state index >= 15 is 0 Å². The molecule has 2 heterocycles. The molecule has 0 aliphatic carbocycles. The van der Waals surface area contributed by atoms with Gasteiger partial charge in [0, 0.05) is 11.3 Å². The lowest BCUT2D eigenvalue weighted by Crippen LogP contribution is -2.41. The summed E-state index contributed by atoms with van der Waals surface area (Å²) in [6.45, 7) is 6.09. The monoisotopic (exact) mass is 420 g/mol. The van der Waals surface area contributed by atoms with E-state index < -0.39 is 0 Å². The summed E-state index contributed by atoms with van der Waals surface area (Å²) in [7, 11) is 0. The van der Waals surface area contributed by atoms with Crippen LogP contribution in [-0.2, 0) is 9.59 Å². The fourth-order valence-corrected chi connectivity index (χ4v) is 4.31. The first kappa shape index (κ1) is 20.3. The molecule has 2 amide bonds. The van der Waals surface area contributed by atoms with Crippen LogP contribution >= 0.6 is 11.8 Å². The summed E-state index contributed by atoms with van der Waals surface area (Å²) in [5.74, 6) is 0.590. The standard InChI is InChI=1S/C23H24N4O2S/c1-4-7-19-22(29)27-21(25-19)17-8-5-6-9-18(17)26-23(27)30-13-20(28)24-16-11-10-14(2)15(3)12-16/h5-6,8-12,19H,4,7,13H2,1-3H3,(H,24,28)/t19-/m1/s1. The van der Waals surface area contributed by atoms with Crippen molar-refractivity contribution in [2.75, 3.05) is 11.1 Å². The van der Waals surface area contributed by atoms with Gasteiger partial charge in [-0.15, -0.1) is 0 Å². The normalized spacial score (nSPS) is 17.2. The highest BCUT2D eigenvalue weighted by atomic mass is 32.2. The minimum Gasteiger partial charge on any atom is -0.325 e. The van der Waals surface area contributed by atoms with Crippen LogP contribution in [-0.4, -0.2) is 39.5 Å². The van der Waals surface area contributed by atoms with Gasteiger partial charge >= 0.3 is 0 Å². The maximum absolute atomic E-state index is 13.0. The van der Waals surface area contributed by atoms with Gasteiger partial charge in [0.1, 0.15) is 11.9 Å². The van der Waals surface area contributed by atoms with Crippen molar-refractivity contribution in [1.82, 2.24) is 4.90 Å². The van der Waals surface area contributed by atoms with E-state index in [0.717, 1.165) is 28.9 Å². The second-order valence-electron chi connectivity index (χ2n) is 7.48. The maximum Gasteiger partial charge on any atom is 0.259 e. The Kier molecular flexibility index (Phi) is 5.72. The van der Waals surface area contributed by atoms with Crippen molar-refractivity contribution in [2.45, 2.75) is 39.7 Å². The number of hydrogen-bond donors (Lipinski definition) is 1. The zero-order valence-corrected chi connectivity index (χ0v) is 18.1. The summed E-state index contributed by atoms with van der Waals surface area (Å²) in [6.07, 6.45) is 1.58. The number of rotatable bonds is 5. The van der Waals surface area contributed by atoms with Crippen molar-refractivity contribution in [2.24, 2.45) is 9.98 Å². The molecule has 0 saturated heterocycles. The first-order valence-electron chi connectivity index (χ1n) is 10.1. The van der Waals surface area contributed by atoms with Gasteiger partial charge in [-0.25, -0.2) is 9.89 Å². The SMILES string of the molecule is CCC[C@H]1N=C2c3ccccc3N=C(SCC(=O)Nc3ccc(C)c(C)c3)N2C1=O. The van der Waals surface area contributed by atoms with Gasteiger partial charge in [-0.1, -0.05) is 43.3 Å². The van der Waals surface area contributed by atoms with Crippen LogP contribution in [0.25, 0.3) is 0 Å². The summed E-state index contributed by atoms with van der Waals surface area (Å²) in [5, 5.41) is 3.43. The molecule has 6 nitrogen and oxygen atoms in total. The molecule has 0 aromatic heterocycles. The first-order valence-corrected chi connectivity index (χ1v) is 11.1. The van der Waals surface area contributed by atoms with Crippen molar-refractivity contribution in [3.8, 4) is 0 Å². The van der Waals surface area contributed by atoms with Gasteiger partial charge < -0.3 is 5.32 Å². The lowest BCUT2D eigenvalue weighted by atomic mass is 10.1. The quantitative estimate of drug-likeness (QED) is 0.777. The number of carbonyl (C=O) groups is 2. The average Bonchev–Trinajstić information content (AvgIpc) is 3.06. The number of carbonyl (C=O) groups excluding carboxylic acids is 2. The molecule has 154 valence electrons. The average molecular weight is 421 g/mol. The highest BCUT2D eigenvalue weighted by Crippen LogP contribution is 2.34. The molecule has 0 saturated carbocycles. The molecule has 1 atom stereocenters. The van der Waals surface area contributed by atoms with Gasteiger partial charge in [-0.3, -0.25) is 14.6 Å². The molecule has 7 heteroatoms. The largest absolute Gasteiger partial charge is 0.325 e. The molecule has 2 aromatic carbocycles. The van der Waals surface area contributed by atoms with Gasteiger partial charge in [-0.2, -0.15) is 0 Å². The van der Waals surface area contributed by atoms with Crippen molar-refractivity contribution < 1.29 is 9.59 Å². The molecule has 0 radical (unpaired) electrons. The molecule has 2 aliphatic heterocycles. The van der Waals surface area contributed by atoms with Crippen LogP contribution in [0.1, 0.15) is 36.5 Å². The van der Waals surface area contributed by atoms with E-state index in [1.165, 1.54) is 17.3 Å². The molecular formula is C23H24N4O2S. The van der Waals surface area contributed by atoms with Crippen LogP contribution in [0.5, 0.6) is 0 Å². The van der Waals surface area contributed by atoms with Crippen molar-refractivity contribution in [1.29, 1.82) is 0 Å². The van der Waals surface area contributed by atoms with E-state index in [1.54, 1.807) is 4.90 Å². The van der Waals surface area contributed by atoms with E-state index in [-0.39, 0.29) is 23.6 Å². The Morgan fingerprint density at radius 3 is 2.73 bits per heavy atom. The van der Waals surface area contributed by atoms with Gasteiger partial charge in [0.05, 0.1) is 11.4 Å². The van der Waals surface area contributed by atoms with Gasteiger partial charge in [0.15, 0.2) is 5.17 Å².